The molecule has 3 nitrogen and oxygen atoms in total. The summed E-state index contributed by atoms with van der Waals surface area (Å²) in [5, 5.41) is 2.11. The minimum atomic E-state index is 0.312. The summed E-state index contributed by atoms with van der Waals surface area (Å²) < 4.78 is 6.59. The van der Waals surface area contributed by atoms with Crippen molar-refractivity contribution in [1.29, 1.82) is 0 Å². The first-order valence-corrected chi connectivity index (χ1v) is 7.64. The molecule has 17 heavy (non-hydrogen) atoms. The lowest BCUT2D eigenvalue weighted by atomic mass is 10.0. The van der Waals surface area contributed by atoms with Gasteiger partial charge in [0.1, 0.15) is 0 Å². The molecular weight excluding hydrogens is 300 g/mol. The molecule has 1 aromatic rings. The molecule has 0 aromatic carbocycles. The zero-order valence-corrected chi connectivity index (χ0v) is 12.5. The highest BCUT2D eigenvalue weighted by molar-refractivity contribution is 9.10. The lowest BCUT2D eigenvalue weighted by Crippen LogP contribution is -2.41. The Balaban J connectivity index is 2.09. The van der Waals surface area contributed by atoms with E-state index < -0.39 is 0 Å². The van der Waals surface area contributed by atoms with Gasteiger partial charge in [-0.1, -0.05) is 0 Å². The van der Waals surface area contributed by atoms with Crippen molar-refractivity contribution in [2.24, 2.45) is 5.73 Å². The average Bonchev–Trinajstić information content (AvgIpc) is 2.78. The Kier molecular flexibility index (Phi) is 4.99. The Morgan fingerprint density at radius 2 is 2.29 bits per heavy atom. The molecule has 1 aliphatic heterocycles. The fourth-order valence-corrected chi connectivity index (χ4v) is 4.15. The topological polar surface area (TPSA) is 38.5 Å². The summed E-state index contributed by atoms with van der Waals surface area (Å²) in [5.41, 5.74) is 5.95. The summed E-state index contributed by atoms with van der Waals surface area (Å²) in [6.45, 7) is 2.41. The van der Waals surface area contributed by atoms with E-state index in [1.54, 1.807) is 11.3 Å². The van der Waals surface area contributed by atoms with Crippen LogP contribution in [-0.2, 0) is 4.74 Å². The van der Waals surface area contributed by atoms with Gasteiger partial charge in [-0.25, -0.2) is 0 Å². The van der Waals surface area contributed by atoms with Crippen LogP contribution >= 0.6 is 27.3 Å². The fourth-order valence-electron chi connectivity index (χ4n) is 2.35. The number of hydrogen-bond acceptors (Lipinski definition) is 4. The normalized spacial score (nSPS) is 19.8. The van der Waals surface area contributed by atoms with E-state index in [4.69, 9.17) is 10.5 Å². The van der Waals surface area contributed by atoms with Gasteiger partial charge in [-0.3, -0.25) is 4.90 Å². The van der Waals surface area contributed by atoms with Gasteiger partial charge in [0.2, 0.25) is 0 Å². The molecule has 0 saturated carbocycles. The molecule has 1 aromatic heterocycles. The van der Waals surface area contributed by atoms with Crippen molar-refractivity contribution in [3.8, 4) is 0 Å². The Morgan fingerprint density at radius 3 is 2.82 bits per heavy atom. The lowest BCUT2D eigenvalue weighted by Gasteiger charge is -2.36. The van der Waals surface area contributed by atoms with E-state index in [9.17, 15) is 0 Å². The van der Waals surface area contributed by atoms with Gasteiger partial charge in [0.25, 0.3) is 0 Å². The van der Waals surface area contributed by atoms with Gasteiger partial charge in [-0.2, -0.15) is 0 Å². The largest absolute Gasteiger partial charge is 0.381 e. The summed E-state index contributed by atoms with van der Waals surface area (Å²) in [7, 11) is 2.18. The zero-order valence-electron chi connectivity index (χ0n) is 10.1. The van der Waals surface area contributed by atoms with Crippen LogP contribution in [0, 0.1) is 0 Å². The first-order chi connectivity index (χ1) is 8.24. The van der Waals surface area contributed by atoms with Crippen LogP contribution in [0.4, 0.5) is 0 Å². The number of likely N-dealkylation sites (N-methyl/N-ethyl adjacent to an activating group) is 1. The minimum absolute atomic E-state index is 0.312. The maximum atomic E-state index is 5.95. The van der Waals surface area contributed by atoms with Crippen LogP contribution in [0.2, 0.25) is 0 Å². The van der Waals surface area contributed by atoms with E-state index in [0.717, 1.165) is 26.1 Å². The molecular formula is C12H19BrN2OS. The number of nitrogens with zero attached hydrogens (tertiary/aromatic N) is 1. The monoisotopic (exact) mass is 318 g/mol. The molecule has 2 N–H and O–H groups in total. The van der Waals surface area contributed by atoms with Gasteiger partial charge < -0.3 is 10.5 Å². The number of thiophene rings is 1. The second-order valence-electron chi connectivity index (χ2n) is 4.39. The van der Waals surface area contributed by atoms with Crippen molar-refractivity contribution < 1.29 is 4.74 Å². The van der Waals surface area contributed by atoms with E-state index in [1.165, 1.54) is 9.35 Å². The van der Waals surface area contributed by atoms with E-state index in [0.29, 0.717) is 18.6 Å². The predicted molar refractivity (Wildman–Crippen MR) is 75.4 cm³/mol. The van der Waals surface area contributed by atoms with Gasteiger partial charge >= 0.3 is 0 Å². The van der Waals surface area contributed by atoms with Crippen molar-refractivity contribution >= 4 is 27.3 Å². The third-order valence-corrected chi connectivity index (χ3v) is 5.40. The van der Waals surface area contributed by atoms with Crippen molar-refractivity contribution in [3.05, 3.63) is 20.8 Å². The number of rotatable bonds is 4. The van der Waals surface area contributed by atoms with Crippen LogP contribution in [0.15, 0.2) is 15.9 Å². The number of ether oxygens (including phenoxy) is 1. The SMILES string of the molecule is CN(C1CCOCC1)C(CN)c1sccc1Br. The molecule has 1 fully saturated rings. The van der Waals surface area contributed by atoms with Crippen LogP contribution in [0.1, 0.15) is 23.8 Å². The maximum absolute atomic E-state index is 5.95. The highest BCUT2D eigenvalue weighted by Crippen LogP contribution is 2.33. The van der Waals surface area contributed by atoms with E-state index in [1.807, 2.05) is 0 Å². The Hall–Kier alpha value is 0.0600. The molecule has 5 heteroatoms. The molecule has 0 amide bonds. The number of nitrogens with two attached hydrogens (primary N) is 1. The Morgan fingerprint density at radius 1 is 1.59 bits per heavy atom. The molecule has 2 rings (SSSR count). The summed E-state index contributed by atoms with van der Waals surface area (Å²) >= 11 is 5.38. The van der Waals surface area contributed by atoms with Gasteiger partial charge in [-0.05, 0) is 47.3 Å². The van der Waals surface area contributed by atoms with Crippen LogP contribution < -0.4 is 5.73 Å². The molecule has 1 aliphatic rings. The Labute approximate surface area is 115 Å². The number of hydrogen-bond donors (Lipinski definition) is 1. The van der Waals surface area contributed by atoms with Gasteiger partial charge in [0, 0.05) is 35.2 Å². The third kappa shape index (κ3) is 3.09. The molecule has 0 radical (unpaired) electrons. The highest BCUT2D eigenvalue weighted by atomic mass is 79.9. The molecule has 1 saturated heterocycles. The molecule has 0 spiro atoms. The van der Waals surface area contributed by atoms with Crippen LogP contribution in [-0.4, -0.2) is 37.7 Å². The molecule has 1 unspecified atom stereocenters. The zero-order chi connectivity index (χ0) is 12.3. The first kappa shape index (κ1) is 13.5. The van der Waals surface area contributed by atoms with Crippen LogP contribution in [0.5, 0.6) is 0 Å². The van der Waals surface area contributed by atoms with Crippen molar-refractivity contribution in [3.63, 3.8) is 0 Å². The standard InChI is InChI=1S/C12H19BrN2OS/c1-15(9-2-5-16-6-3-9)11(8-14)12-10(13)4-7-17-12/h4,7,9,11H,2-3,5-6,8,14H2,1H3. The second-order valence-corrected chi connectivity index (χ2v) is 6.20. The molecule has 0 bridgehead atoms. The summed E-state index contributed by atoms with van der Waals surface area (Å²) in [4.78, 5) is 3.75. The highest BCUT2D eigenvalue weighted by Gasteiger charge is 2.26. The van der Waals surface area contributed by atoms with E-state index in [-0.39, 0.29) is 0 Å². The van der Waals surface area contributed by atoms with Gasteiger partial charge in [0.15, 0.2) is 0 Å². The quantitative estimate of drug-likeness (QED) is 0.927. The van der Waals surface area contributed by atoms with E-state index >= 15 is 0 Å². The van der Waals surface area contributed by atoms with Crippen molar-refractivity contribution in [1.82, 2.24) is 4.90 Å². The first-order valence-electron chi connectivity index (χ1n) is 5.96. The molecule has 1 atom stereocenters. The van der Waals surface area contributed by atoms with Gasteiger partial charge in [0.05, 0.1) is 6.04 Å². The number of halogens is 1. The molecule has 2 heterocycles. The average molecular weight is 319 g/mol. The second kappa shape index (κ2) is 6.29. The third-order valence-electron chi connectivity index (χ3n) is 3.43. The summed E-state index contributed by atoms with van der Waals surface area (Å²) in [5.74, 6) is 0. The smallest absolute Gasteiger partial charge is 0.0575 e. The maximum Gasteiger partial charge on any atom is 0.0575 e. The van der Waals surface area contributed by atoms with Crippen LogP contribution in [0.25, 0.3) is 0 Å². The van der Waals surface area contributed by atoms with Crippen molar-refractivity contribution in [2.45, 2.75) is 24.9 Å². The molecule has 0 aliphatic carbocycles. The van der Waals surface area contributed by atoms with E-state index in [2.05, 4.69) is 39.3 Å². The molecule has 96 valence electrons. The lowest BCUT2D eigenvalue weighted by molar-refractivity contribution is 0.0298. The van der Waals surface area contributed by atoms with Gasteiger partial charge in [-0.15, -0.1) is 11.3 Å². The summed E-state index contributed by atoms with van der Waals surface area (Å²) in [6, 6.07) is 3.00. The minimum Gasteiger partial charge on any atom is -0.381 e. The summed E-state index contributed by atoms with van der Waals surface area (Å²) in [6.07, 6.45) is 2.21. The Bertz CT molecular complexity index is 352. The fraction of sp³-hybridized carbons (Fsp3) is 0.667. The predicted octanol–water partition coefficient (Wildman–Crippen LogP) is 2.62. The van der Waals surface area contributed by atoms with Crippen LogP contribution in [0.3, 0.4) is 0 Å². The van der Waals surface area contributed by atoms with Crippen molar-refractivity contribution in [2.75, 3.05) is 26.8 Å².